The molecule has 2 rings (SSSR count). The lowest BCUT2D eigenvalue weighted by atomic mass is 9.75. The van der Waals surface area contributed by atoms with Crippen molar-refractivity contribution in [3.8, 4) is 0 Å². The van der Waals surface area contributed by atoms with Gasteiger partial charge in [-0.1, -0.05) is 6.07 Å². The summed E-state index contributed by atoms with van der Waals surface area (Å²) in [5.74, 6) is -0.862. The highest BCUT2D eigenvalue weighted by molar-refractivity contribution is 9.10. The van der Waals surface area contributed by atoms with Gasteiger partial charge in [-0.15, -0.1) is 0 Å². The molecule has 0 bridgehead atoms. The molecule has 3 nitrogen and oxygen atoms in total. The molecule has 1 aliphatic rings. The number of carbonyl (C=O) groups excluding carboxylic acids is 1. The van der Waals surface area contributed by atoms with Gasteiger partial charge >= 0.3 is 0 Å². The third-order valence-corrected chi connectivity index (χ3v) is 4.62. The highest BCUT2D eigenvalue weighted by atomic mass is 79.9. The van der Waals surface area contributed by atoms with Crippen molar-refractivity contribution in [2.45, 2.75) is 24.8 Å². The van der Waals surface area contributed by atoms with Crippen LogP contribution in [0.4, 0.5) is 4.39 Å². The van der Waals surface area contributed by atoms with E-state index >= 15 is 0 Å². The minimum atomic E-state index is -0.507. The zero-order valence-electron chi connectivity index (χ0n) is 11.2. The Hall–Kier alpha value is -0.940. The van der Waals surface area contributed by atoms with Crippen molar-refractivity contribution in [3.63, 3.8) is 0 Å². The summed E-state index contributed by atoms with van der Waals surface area (Å²) in [5, 5.41) is 2.85. The summed E-state index contributed by atoms with van der Waals surface area (Å²) >= 11 is 3.09. The van der Waals surface area contributed by atoms with Gasteiger partial charge in [0, 0.05) is 12.1 Å². The molecule has 1 aromatic rings. The highest BCUT2D eigenvalue weighted by Crippen LogP contribution is 2.35. The predicted octanol–water partition coefficient (Wildman–Crippen LogP) is 2.80. The van der Waals surface area contributed by atoms with Crippen molar-refractivity contribution < 1.29 is 9.18 Å². The van der Waals surface area contributed by atoms with Crippen molar-refractivity contribution in [2.24, 2.45) is 0 Å². The highest BCUT2D eigenvalue weighted by Gasteiger charge is 2.39. The van der Waals surface area contributed by atoms with Gasteiger partial charge in [0.25, 0.3) is 5.91 Å². The molecule has 0 unspecified atom stereocenters. The average Bonchev–Trinajstić information content (AvgIpc) is 2.30. The molecule has 1 N–H and O–H groups in total. The fourth-order valence-corrected chi connectivity index (χ4v) is 2.75. The lowest BCUT2D eigenvalue weighted by molar-refractivity contribution is 0.0556. The Kier molecular flexibility index (Phi) is 4.26. The largest absolute Gasteiger partial charge is 0.350 e. The van der Waals surface area contributed by atoms with Crippen molar-refractivity contribution in [3.05, 3.63) is 34.1 Å². The van der Waals surface area contributed by atoms with E-state index in [1.807, 2.05) is 14.1 Å². The molecule has 0 saturated heterocycles. The first-order valence-electron chi connectivity index (χ1n) is 6.36. The summed E-state index contributed by atoms with van der Waals surface area (Å²) in [6.45, 7) is 0.560. The Morgan fingerprint density at radius 3 is 2.68 bits per heavy atom. The number of halogens is 2. The molecular formula is C14H18BrFN2O. The van der Waals surface area contributed by atoms with E-state index in [1.54, 1.807) is 12.1 Å². The molecule has 19 heavy (non-hydrogen) atoms. The summed E-state index contributed by atoms with van der Waals surface area (Å²) in [5.41, 5.74) is 0.126. The van der Waals surface area contributed by atoms with Gasteiger partial charge in [-0.2, -0.15) is 0 Å². The first-order chi connectivity index (χ1) is 8.96. The minimum absolute atomic E-state index is 0.0398. The molecule has 1 aromatic carbocycles. The molecule has 0 radical (unpaired) electrons. The minimum Gasteiger partial charge on any atom is -0.350 e. The number of rotatable bonds is 4. The van der Waals surface area contributed by atoms with Gasteiger partial charge in [-0.25, -0.2) is 4.39 Å². The number of nitrogens with zero attached hydrogens (tertiary/aromatic N) is 1. The summed E-state index contributed by atoms with van der Waals surface area (Å²) in [6, 6.07) is 4.74. The fourth-order valence-electron chi connectivity index (χ4n) is 2.39. The number of benzene rings is 1. The van der Waals surface area contributed by atoms with E-state index in [4.69, 9.17) is 0 Å². The van der Waals surface area contributed by atoms with E-state index in [1.165, 1.54) is 12.5 Å². The van der Waals surface area contributed by atoms with E-state index in [-0.39, 0.29) is 17.0 Å². The summed E-state index contributed by atoms with van der Waals surface area (Å²) < 4.78 is 14.1. The third-order valence-electron chi connectivity index (χ3n) is 4.01. The molecule has 104 valence electrons. The number of amides is 1. The predicted molar refractivity (Wildman–Crippen MR) is 76.7 cm³/mol. The van der Waals surface area contributed by atoms with Crippen LogP contribution in [0.5, 0.6) is 0 Å². The van der Waals surface area contributed by atoms with Crippen LogP contribution in [0.25, 0.3) is 0 Å². The van der Waals surface area contributed by atoms with Crippen LogP contribution >= 0.6 is 15.9 Å². The molecule has 1 fully saturated rings. The first kappa shape index (κ1) is 14.5. The molecular weight excluding hydrogens is 311 g/mol. The maximum atomic E-state index is 13.8. The van der Waals surface area contributed by atoms with Gasteiger partial charge < -0.3 is 10.2 Å². The molecule has 0 atom stereocenters. The first-order valence-corrected chi connectivity index (χ1v) is 7.15. The Morgan fingerprint density at radius 2 is 2.16 bits per heavy atom. The lowest BCUT2D eigenvalue weighted by Crippen LogP contribution is -2.57. The van der Waals surface area contributed by atoms with Gasteiger partial charge in [-0.05, 0) is 61.4 Å². The van der Waals surface area contributed by atoms with E-state index in [0.29, 0.717) is 11.0 Å². The maximum Gasteiger partial charge on any atom is 0.254 e. The monoisotopic (exact) mass is 328 g/mol. The molecule has 1 saturated carbocycles. The van der Waals surface area contributed by atoms with Crippen molar-refractivity contribution >= 4 is 21.8 Å². The van der Waals surface area contributed by atoms with Gasteiger partial charge in [0.05, 0.1) is 10.0 Å². The van der Waals surface area contributed by atoms with Crippen LogP contribution in [-0.2, 0) is 0 Å². The maximum absolute atomic E-state index is 13.8. The van der Waals surface area contributed by atoms with Gasteiger partial charge in [0.2, 0.25) is 0 Å². The zero-order valence-corrected chi connectivity index (χ0v) is 12.8. The van der Waals surface area contributed by atoms with Crippen molar-refractivity contribution in [1.82, 2.24) is 10.2 Å². The molecule has 1 amide bonds. The van der Waals surface area contributed by atoms with Gasteiger partial charge in [-0.3, -0.25) is 4.79 Å². The summed E-state index contributed by atoms with van der Waals surface area (Å²) in [7, 11) is 4.04. The number of nitrogens with one attached hydrogen (secondary N) is 1. The van der Waals surface area contributed by atoms with Crippen LogP contribution in [0.15, 0.2) is 22.7 Å². The Bertz CT molecular complexity index is 486. The summed E-state index contributed by atoms with van der Waals surface area (Å²) in [6.07, 6.45) is 3.32. The SMILES string of the molecule is CN(C)C1(CNC(=O)c2cccc(Br)c2F)CCC1. The lowest BCUT2D eigenvalue weighted by Gasteiger charge is -2.47. The van der Waals surface area contributed by atoms with E-state index in [0.717, 1.165) is 12.8 Å². The quantitative estimate of drug-likeness (QED) is 0.921. The molecule has 0 spiro atoms. The normalized spacial score (nSPS) is 17.1. The van der Waals surface area contributed by atoms with Crippen LogP contribution in [-0.4, -0.2) is 37.0 Å². The second-order valence-electron chi connectivity index (χ2n) is 5.26. The second-order valence-corrected chi connectivity index (χ2v) is 6.11. The van der Waals surface area contributed by atoms with Crippen LogP contribution in [0.3, 0.4) is 0 Å². The molecule has 1 aliphatic carbocycles. The number of hydrogen-bond donors (Lipinski definition) is 1. The molecule has 5 heteroatoms. The molecule has 0 aliphatic heterocycles. The Labute approximate surface area is 121 Å². The van der Waals surface area contributed by atoms with E-state index in [2.05, 4.69) is 26.1 Å². The van der Waals surface area contributed by atoms with Crippen LogP contribution in [0.1, 0.15) is 29.6 Å². The second kappa shape index (κ2) is 5.59. The van der Waals surface area contributed by atoms with Crippen LogP contribution in [0.2, 0.25) is 0 Å². The van der Waals surface area contributed by atoms with Crippen molar-refractivity contribution in [1.29, 1.82) is 0 Å². The number of carbonyl (C=O) groups is 1. The Morgan fingerprint density at radius 1 is 1.47 bits per heavy atom. The molecule has 0 aromatic heterocycles. The van der Waals surface area contributed by atoms with Gasteiger partial charge in [0.15, 0.2) is 0 Å². The van der Waals surface area contributed by atoms with Crippen molar-refractivity contribution in [2.75, 3.05) is 20.6 Å². The van der Waals surface area contributed by atoms with E-state index in [9.17, 15) is 9.18 Å². The fraction of sp³-hybridized carbons (Fsp3) is 0.500. The third kappa shape index (κ3) is 2.82. The topological polar surface area (TPSA) is 32.3 Å². The van der Waals surface area contributed by atoms with Gasteiger partial charge in [0.1, 0.15) is 5.82 Å². The zero-order chi connectivity index (χ0) is 14.0. The number of likely N-dealkylation sites (N-methyl/N-ethyl adjacent to an activating group) is 1. The smallest absolute Gasteiger partial charge is 0.254 e. The van der Waals surface area contributed by atoms with Crippen LogP contribution in [0, 0.1) is 5.82 Å². The standard InChI is InChI=1S/C14H18BrFN2O/c1-18(2)14(7-4-8-14)9-17-13(19)10-5-3-6-11(15)12(10)16/h3,5-6H,4,7-9H2,1-2H3,(H,17,19). The Balaban J connectivity index is 2.04. The summed E-state index contributed by atoms with van der Waals surface area (Å²) in [4.78, 5) is 14.2. The average molecular weight is 329 g/mol. The number of hydrogen-bond acceptors (Lipinski definition) is 2. The van der Waals surface area contributed by atoms with E-state index < -0.39 is 5.82 Å². The molecule has 0 heterocycles. The van der Waals surface area contributed by atoms with Crippen LogP contribution < -0.4 is 5.32 Å².